The van der Waals surface area contributed by atoms with E-state index in [1.165, 1.54) is 0 Å². The molecular formula is C18H14N2O3. The van der Waals surface area contributed by atoms with Crippen molar-refractivity contribution in [2.45, 2.75) is 18.9 Å². The number of methoxy groups -OCH3 is 1. The minimum atomic E-state index is -0.178. The maximum absolute atomic E-state index is 12.5. The largest absolute Gasteiger partial charge is 0.493 e. The fraction of sp³-hybridized carbons (Fsp3) is 0.222. The Hall–Kier alpha value is -2.82. The highest BCUT2D eigenvalue weighted by Gasteiger charge is 2.44. The van der Waals surface area contributed by atoms with Crippen LogP contribution < -0.4 is 9.47 Å². The number of benzene rings is 2. The first-order valence-corrected chi connectivity index (χ1v) is 7.65. The van der Waals surface area contributed by atoms with E-state index in [-0.39, 0.29) is 11.9 Å². The van der Waals surface area contributed by atoms with Crippen molar-refractivity contribution < 1.29 is 14.3 Å². The van der Waals surface area contributed by atoms with Gasteiger partial charge in [-0.05, 0) is 18.2 Å². The lowest BCUT2D eigenvalue weighted by atomic mass is 9.90. The minimum absolute atomic E-state index is 0.116. The SMILES string of the molecule is COc1ccc2c3c1Oc1ccccc1C3N1C(=O)CCC1=N2. The van der Waals surface area contributed by atoms with E-state index in [1.54, 1.807) is 7.11 Å². The number of carbonyl (C=O) groups is 1. The second-order valence-electron chi connectivity index (χ2n) is 5.86. The highest BCUT2D eigenvalue weighted by molar-refractivity contribution is 6.08. The van der Waals surface area contributed by atoms with Gasteiger partial charge >= 0.3 is 0 Å². The molecule has 2 aromatic carbocycles. The summed E-state index contributed by atoms with van der Waals surface area (Å²) in [5.74, 6) is 3.05. The number of hydrogen-bond acceptors (Lipinski definition) is 4. The van der Waals surface area contributed by atoms with Gasteiger partial charge in [-0.2, -0.15) is 0 Å². The van der Waals surface area contributed by atoms with Crippen LogP contribution in [0.5, 0.6) is 17.2 Å². The number of hydrogen-bond donors (Lipinski definition) is 0. The Morgan fingerprint density at radius 1 is 1.22 bits per heavy atom. The van der Waals surface area contributed by atoms with Crippen LogP contribution in [0, 0.1) is 0 Å². The van der Waals surface area contributed by atoms with Crippen LogP contribution >= 0.6 is 0 Å². The van der Waals surface area contributed by atoms with Gasteiger partial charge in [-0.15, -0.1) is 0 Å². The number of rotatable bonds is 1. The summed E-state index contributed by atoms with van der Waals surface area (Å²) in [7, 11) is 1.62. The minimum Gasteiger partial charge on any atom is -0.493 e. The van der Waals surface area contributed by atoms with Crippen molar-refractivity contribution in [3.8, 4) is 17.2 Å². The fourth-order valence-corrected chi connectivity index (χ4v) is 3.68. The predicted octanol–water partition coefficient (Wildman–Crippen LogP) is 3.56. The molecule has 1 atom stereocenters. The smallest absolute Gasteiger partial charge is 0.229 e. The lowest BCUT2D eigenvalue weighted by molar-refractivity contribution is -0.126. The van der Waals surface area contributed by atoms with Crippen molar-refractivity contribution in [3.63, 3.8) is 0 Å². The van der Waals surface area contributed by atoms with Crippen molar-refractivity contribution in [2.75, 3.05) is 7.11 Å². The lowest BCUT2D eigenvalue weighted by Gasteiger charge is -2.38. The molecule has 0 aliphatic carbocycles. The average Bonchev–Trinajstić information content (AvgIpc) is 2.96. The monoisotopic (exact) mass is 306 g/mol. The number of aliphatic imine (C=N–C) groups is 1. The zero-order chi connectivity index (χ0) is 15.6. The maximum atomic E-state index is 12.5. The number of carbonyl (C=O) groups excluding carboxylic acids is 1. The molecule has 23 heavy (non-hydrogen) atoms. The first kappa shape index (κ1) is 12.7. The van der Waals surface area contributed by atoms with Crippen molar-refractivity contribution in [3.05, 3.63) is 47.5 Å². The van der Waals surface area contributed by atoms with E-state index in [0.717, 1.165) is 28.4 Å². The van der Waals surface area contributed by atoms with Gasteiger partial charge in [0, 0.05) is 18.4 Å². The molecule has 5 nitrogen and oxygen atoms in total. The van der Waals surface area contributed by atoms with E-state index >= 15 is 0 Å². The normalized spacial score (nSPS) is 20.2. The molecule has 1 fully saturated rings. The summed E-state index contributed by atoms with van der Waals surface area (Å²) in [6.45, 7) is 0. The average molecular weight is 306 g/mol. The summed E-state index contributed by atoms with van der Waals surface area (Å²) < 4.78 is 11.6. The molecule has 114 valence electrons. The molecular weight excluding hydrogens is 292 g/mol. The summed E-state index contributed by atoms with van der Waals surface area (Å²) in [6, 6.07) is 11.5. The molecule has 2 aromatic rings. The number of fused-ring (bicyclic) bond motifs is 4. The number of amides is 1. The van der Waals surface area contributed by atoms with E-state index in [0.29, 0.717) is 24.3 Å². The van der Waals surface area contributed by atoms with E-state index in [4.69, 9.17) is 9.47 Å². The van der Waals surface area contributed by atoms with Crippen LogP contribution in [0.3, 0.4) is 0 Å². The summed E-state index contributed by atoms with van der Waals surface area (Å²) in [6.07, 6.45) is 1.21. The Balaban J connectivity index is 1.85. The van der Waals surface area contributed by atoms with Crippen LogP contribution in [0.15, 0.2) is 41.4 Å². The van der Waals surface area contributed by atoms with Crippen LogP contribution in [-0.4, -0.2) is 23.8 Å². The maximum Gasteiger partial charge on any atom is 0.229 e. The molecule has 1 amide bonds. The van der Waals surface area contributed by atoms with E-state index in [1.807, 2.05) is 41.3 Å². The third-order valence-corrected chi connectivity index (χ3v) is 4.67. The quantitative estimate of drug-likeness (QED) is 0.809. The van der Waals surface area contributed by atoms with Crippen molar-refractivity contribution in [1.82, 2.24) is 4.90 Å². The predicted molar refractivity (Wildman–Crippen MR) is 84.5 cm³/mol. The van der Waals surface area contributed by atoms with Gasteiger partial charge in [0.15, 0.2) is 11.5 Å². The van der Waals surface area contributed by atoms with Crippen LogP contribution in [0.1, 0.15) is 30.0 Å². The van der Waals surface area contributed by atoms with Gasteiger partial charge in [0.2, 0.25) is 5.91 Å². The van der Waals surface area contributed by atoms with Gasteiger partial charge < -0.3 is 9.47 Å². The van der Waals surface area contributed by atoms with E-state index < -0.39 is 0 Å². The third kappa shape index (κ3) is 1.56. The second-order valence-corrected chi connectivity index (χ2v) is 5.86. The molecule has 0 saturated carbocycles. The Labute approximate surface area is 133 Å². The van der Waals surface area contributed by atoms with Crippen LogP contribution in [0.4, 0.5) is 5.69 Å². The van der Waals surface area contributed by atoms with Gasteiger partial charge in [0.05, 0.1) is 24.4 Å². The summed E-state index contributed by atoms with van der Waals surface area (Å²) in [5, 5.41) is 0. The highest BCUT2D eigenvalue weighted by atomic mass is 16.5. The summed E-state index contributed by atoms with van der Waals surface area (Å²) in [4.78, 5) is 19.0. The Kier molecular flexibility index (Phi) is 2.40. The molecule has 3 aliphatic heterocycles. The second kappa shape index (κ2) is 4.35. The molecule has 1 unspecified atom stereocenters. The number of amidine groups is 1. The molecule has 0 bridgehead atoms. The molecule has 0 spiro atoms. The Morgan fingerprint density at radius 3 is 2.96 bits per heavy atom. The van der Waals surface area contributed by atoms with Crippen molar-refractivity contribution in [2.24, 2.45) is 4.99 Å². The standard InChI is InChI=1S/C18H14N2O3/c1-22-13-7-6-11-16-17(20-14(19-11)8-9-15(20)21)10-4-2-3-5-12(10)23-18(13)16/h2-7,17H,8-9H2,1H3. The Bertz CT molecular complexity index is 888. The molecule has 1 saturated heterocycles. The molecule has 0 aromatic heterocycles. The van der Waals surface area contributed by atoms with Gasteiger partial charge in [0.25, 0.3) is 0 Å². The number of nitrogens with zero attached hydrogens (tertiary/aromatic N) is 2. The summed E-state index contributed by atoms with van der Waals surface area (Å²) in [5.41, 5.74) is 2.78. The van der Waals surface area contributed by atoms with Crippen molar-refractivity contribution >= 4 is 17.4 Å². The topological polar surface area (TPSA) is 51.1 Å². The van der Waals surface area contributed by atoms with Gasteiger partial charge in [-0.25, -0.2) is 4.99 Å². The zero-order valence-corrected chi connectivity index (χ0v) is 12.6. The lowest BCUT2D eigenvalue weighted by Crippen LogP contribution is -2.37. The summed E-state index contributed by atoms with van der Waals surface area (Å²) >= 11 is 0. The van der Waals surface area contributed by atoms with Gasteiger partial charge in [-0.3, -0.25) is 9.69 Å². The highest BCUT2D eigenvalue weighted by Crippen LogP contribution is 2.55. The van der Waals surface area contributed by atoms with E-state index in [2.05, 4.69) is 4.99 Å². The van der Waals surface area contributed by atoms with Crippen LogP contribution in [0.2, 0.25) is 0 Å². The van der Waals surface area contributed by atoms with Gasteiger partial charge in [-0.1, -0.05) is 18.2 Å². The molecule has 5 rings (SSSR count). The van der Waals surface area contributed by atoms with Crippen LogP contribution in [0.25, 0.3) is 0 Å². The van der Waals surface area contributed by atoms with E-state index in [9.17, 15) is 4.79 Å². The number of ether oxygens (including phenoxy) is 2. The first-order chi connectivity index (χ1) is 11.3. The third-order valence-electron chi connectivity index (χ3n) is 4.67. The Morgan fingerprint density at radius 2 is 2.09 bits per heavy atom. The molecule has 3 heterocycles. The zero-order valence-electron chi connectivity index (χ0n) is 12.6. The first-order valence-electron chi connectivity index (χ1n) is 7.65. The fourth-order valence-electron chi connectivity index (χ4n) is 3.68. The molecule has 0 N–H and O–H groups in total. The number of para-hydroxylation sites is 1. The molecule has 0 radical (unpaired) electrons. The van der Waals surface area contributed by atoms with Gasteiger partial charge in [0.1, 0.15) is 11.6 Å². The van der Waals surface area contributed by atoms with Crippen molar-refractivity contribution in [1.29, 1.82) is 0 Å². The molecule has 3 aliphatic rings. The van der Waals surface area contributed by atoms with Crippen LogP contribution in [-0.2, 0) is 4.79 Å². The molecule has 5 heteroatoms.